The van der Waals surface area contributed by atoms with Crippen LogP contribution < -0.4 is 14.8 Å². The third-order valence-corrected chi connectivity index (χ3v) is 8.48. The summed E-state index contributed by atoms with van der Waals surface area (Å²) in [5.41, 5.74) is 3.52. The van der Waals surface area contributed by atoms with Gasteiger partial charge in [0.15, 0.2) is 5.05 Å². The van der Waals surface area contributed by atoms with E-state index in [9.17, 15) is 12.8 Å². The number of nitrogens with one attached hydrogen (secondary N) is 1. The standard InChI is InChI=1S/C31H28BrFN4O5S2/c1-18(2)9-30(44(38)39)42-15-29-37-26(16-43-29)22-12-23-25(13-28(22)40-3)34-17-35-31(23)36-21-7-8-27(24(32)11-21)41-14-19-5-4-6-20(33)10-19/h4-8,10-13,16-18H,9,14-15H2,1-3H3,(H,34,35,36). The molecule has 9 nitrogen and oxygen atoms in total. The van der Waals surface area contributed by atoms with Gasteiger partial charge in [-0.1, -0.05) is 26.0 Å². The van der Waals surface area contributed by atoms with Crippen molar-refractivity contribution >= 4 is 65.0 Å². The molecule has 0 saturated carbocycles. The highest BCUT2D eigenvalue weighted by molar-refractivity contribution is 9.10. The molecular weight excluding hydrogens is 671 g/mol. The Morgan fingerprint density at radius 1 is 1.07 bits per heavy atom. The molecule has 0 bridgehead atoms. The lowest BCUT2D eigenvalue weighted by atomic mass is 10.1. The van der Waals surface area contributed by atoms with Crippen LogP contribution in [0.4, 0.5) is 15.9 Å². The zero-order chi connectivity index (χ0) is 31.2. The molecule has 3 aromatic carbocycles. The third-order valence-electron chi connectivity index (χ3n) is 6.38. The maximum atomic E-state index is 13.5. The van der Waals surface area contributed by atoms with E-state index in [4.69, 9.17) is 14.2 Å². The number of hydrogen-bond acceptors (Lipinski definition) is 10. The minimum absolute atomic E-state index is 0.0192. The minimum Gasteiger partial charge on any atom is -0.496 e. The van der Waals surface area contributed by atoms with E-state index in [1.807, 2.05) is 49.6 Å². The number of ether oxygens (including phenoxy) is 3. The zero-order valence-corrected chi connectivity index (χ0v) is 27.2. The minimum atomic E-state index is -2.42. The second-order valence-corrected chi connectivity index (χ2v) is 12.8. The van der Waals surface area contributed by atoms with Crippen molar-refractivity contribution in [2.45, 2.75) is 33.5 Å². The summed E-state index contributed by atoms with van der Waals surface area (Å²) in [6.07, 6.45) is 1.79. The summed E-state index contributed by atoms with van der Waals surface area (Å²) in [5, 5.41) is 6.61. The van der Waals surface area contributed by atoms with E-state index in [2.05, 4.69) is 36.2 Å². The third kappa shape index (κ3) is 7.78. The molecule has 0 fully saturated rings. The fourth-order valence-electron chi connectivity index (χ4n) is 4.32. The van der Waals surface area contributed by atoms with Crippen LogP contribution in [0, 0.1) is 11.7 Å². The van der Waals surface area contributed by atoms with Gasteiger partial charge in [0.2, 0.25) is 10.3 Å². The Morgan fingerprint density at radius 2 is 1.91 bits per heavy atom. The highest BCUT2D eigenvalue weighted by atomic mass is 79.9. The normalized spacial score (nSPS) is 11.1. The molecule has 0 spiro atoms. The van der Waals surface area contributed by atoms with E-state index < -0.39 is 10.3 Å². The summed E-state index contributed by atoms with van der Waals surface area (Å²) in [7, 11) is -0.845. The van der Waals surface area contributed by atoms with Crippen molar-refractivity contribution in [1.82, 2.24) is 15.0 Å². The predicted octanol–water partition coefficient (Wildman–Crippen LogP) is 7.56. The molecule has 44 heavy (non-hydrogen) atoms. The second kappa shape index (κ2) is 14.2. The van der Waals surface area contributed by atoms with E-state index in [0.717, 1.165) is 22.2 Å². The lowest BCUT2D eigenvalue weighted by molar-refractivity contribution is 0.286. The monoisotopic (exact) mass is 698 g/mol. The van der Waals surface area contributed by atoms with Crippen LogP contribution in [0.15, 0.2) is 70.8 Å². The Labute approximate surface area is 267 Å². The first kappa shape index (κ1) is 31.5. The summed E-state index contributed by atoms with van der Waals surface area (Å²) in [6, 6.07) is 15.5. The van der Waals surface area contributed by atoms with Crippen molar-refractivity contribution in [2.24, 2.45) is 5.92 Å². The van der Waals surface area contributed by atoms with E-state index >= 15 is 0 Å². The Morgan fingerprint density at radius 3 is 2.64 bits per heavy atom. The van der Waals surface area contributed by atoms with Crippen LogP contribution in [-0.2, 0) is 28.2 Å². The fraction of sp³-hybridized carbons (Fsp3) is 0.226. The summed E-state index contributed by atoms with van der Waals surface area (Å²) in [6.45, 7) is 4.12. The van der Waals surface area contributed by atoms with Gasteiger partial charge >= 0.3 is 0 Å². The second-order valence-electron chi connectivity index (χ2n) is 10.1. The van der Waals surface area contributed by atoms with Crippen LogP contribution in [0.3, 0.4) is 0 Å². The molecule has 0 aliphatic heterocycles. The Kier molecular flexibility index (Phi) is 10.2. The summed E-state index contributed by atoms with van der Waals surface area (Å²) >= 11 is 4.93. The summed E-state index contributed by atoms with van der Waals surface area (Å²) < 4.78 is 54.4. The van der Waals surface area contributed by atoms with Crippen LogP contribution in [0.1, 0.15) is 30.8 Å². The molecule has 0 unspecified atom stereocenters. The Bertz CT molecular complexity index is 1940. The largest absolute Gasteiger partial charge is 0.496 e. The SMILES string of the molecule is COc1cc2ncnc(Nc3ccc(OCc4cccc(F)c4)c(Br)c3)c2cc1-c1csc(COC(CC(C)C)=S(=O)=O)n1. The smallest absolute Gasteiger partial charge is 0.240 e. The molecule has 2 heterocycles. The van der Waals surface area contributed by atoms with Gasteiger partial charge in [-0.05, 0) is 63.8 Å². The molecule has 13 heteroatoms. The summed E-state index contributed by atoms with van der Waals surface area (Å²) in [4.78, 5) is 13.6. The van der Waals surface area contributed by atoms with Gasteiger partial charge in [-0.15, -0.1) is 11.3 Å². The number of nitrogens with zero attached hydrogens (tertiary/aromatic N) is 3. The van der Waals surface area contributed by atoms with Crippen molar-refractivity contribution in [1.29, 1.82) is 0 Å². The van der Waals surface area contributed by atoms with E-state index in [1.165, 1.54) is 29.8 Å². The van der Waals surface area contributed by atoms with Gasteiger partial charge in [-0.25, -0.2) is 19.3 Å². The fourth-order valence-corrected chi connectivity index (χ4v) is 6.15. The number of methoxy groups -OCH3 is 1. The molecule has 0 amide bonds. The highest BCUT2D eigenvalue weighted by Crippen LogP contribution is 2.37. The molecule has 1 N–H and O–H groups in total. The lowest BCUT2D eigenvalue weighted by Crippen LogP contribution is -2.09. The van der Waals surface area contributed by atoms with Crippen molar-refractivity contribution in [3.63, 3.8) is 0 Å². The Hall–Kier alpha value is -3.91. The van der Waals surface area contributed by atoms with Crippen molar-refractivity contribution in [3.8, 4) is 22.8 Å². The molecule has 0 radical (unpaired) electrons. The van der Waals surface area contributed by atoms with Crippen LogP contribution >= 0.6 is 27.3 Å². The molecule has 5 rings (SSSR count). The molecule has 228 valence electrons. The molecule has 0 aliphatic carbocycles. The maximum absolute atomic E-state index is 13.5. The molecule has 5 aromatic rings. The number of anilines is 2. The molecule has 0 aliphatic rings. The van der Waals surface area contributed by atoms with Crippen LogP contribution in [-0.4, -0.2) is 35.5 Å². The van der Waals surface area contributed by atoms with E-state index in [-0.39, 0.29) is 30.0 Å². The van der Waals surface area contributed by atoms with E-state index in [1.54, 1.807) is 19.2 Å². The number of halogens is 2. The number of hydrogen-bond donors (Lipinski definition) is 1. The first-order valence-electron chi connectivity index (χ1n) is 13.5. The molecule has 0 atom stereocenters. The zero-order valence-electron chi connectivity index (χ0n) is 24.0. The van der Waals surface area contributed by atoms with Crippen molar-refractivity contribution in [2.75, 3.05) is 12.4 Å². The van der Waals surface area contributed by atoms with Gasteiger partial charge in [0.25, 0.3) is 0 Å². The number of thiazole rings is 1. The maximum Gasteiger partial charge on any atom is 0.240 e. The first-order valence-corrected chi connectivity index (χ1v) is 16.2. The van der Waals surface area contributed by atoms with Crippen LogP contribution in [0.25, 0.3) is 22.2 Å². The van der Waals surface area contributed by atoms with Crippen LogP contribution in [0.5, 0.6) is 11.5 Å². The van der Waals surface area contributed by atoms with Crippen molar-refractivity contribution < 1.29 is 27.0 Å². The van der Waals surface area contributed by atoms with Crippen molar-refractivity contribution in [3.05, 3.63) is 87.2 Å². The average Bonchev–Trinajstić information content (AvgIpc) is 3.47. The molecular formula is C31H28BrFN4O5S2. The Balaban J connectivity index is 1.37. The topological polar surface area (TPSA) is 113 Å². The molecule has 2 aromatic heterocycles. The predicted molar refractivity (Wildman–Crippen MR) is 174 cm³/mol. The number of aromatic nitrogens is 3. The lowest BCUT2D eigenvalue weighted by Gasteiger charge is -2.13. The van der Waals surface area contributed by atoms with Gasteiger partial charge in [0.1, 0.15) is 47.7 Å². The van der Waals surface area contributed by atoms with Gasteiger partial charge in [0, 0.05) is 34.5 Å². The van der Waals surface area contributed by atoms with E-state index in [0.29, 0.717) is 44.4 Å². The van der Waals surface area contributed by atoms with Gasteiger partial charge in [-0.2, -0.15) is 8.42 Å². The van der Waals surface area contributed by atoms with Crippen LogP contribution in [0.2, 0.25) is 0 Å². The number of rotatable bonds is 11. The van der Waals surface area contributed by atoms with Gasteiger partial charge in [-0.3, -0.25) is 0 Å². The molecule has 0 saturated heterocycles. The number of benzene rings is 3. The number of fused-ring (bicyclic) bond motifs is 1. The highest BCUT2D eigenvalue weighted by Gasteiger charge is 2.16. The first-order chi connectivity index (χ1) is 21.2. The van der Waals surface area contributed by atoms with Gasteiger partial charge in [0.05, 0.1) is 22.8 Å². The average molecular weight is 700 g/mol. The summed E-state index contributed by atoms with van der Waals surface area (Å²) in [5.74, 6) is 1.59. The quantitative estimate of drug-likeness (QED) is 0.140. The van der Waals surface area contributed by atoms with Gasteiger partial charge < -0.3 is 19.5 Å².